The summed E-state index contributed by atoms with van der Waals surface area (Å²) in [5.41, 5.74) is 0. The average molecular weight is 424 g/mol. The van der Waals surface area contributed by atoms with Gasteiger partial charge in [-0.1, -0.05) is 61.5 Å². The number of carbonyl (C=O) groups is 2. The maximum absolute atomic E-state index is 11.9. The summed E-state index contributed by atoms with van der Waals surface area (Å²) in [6.07, 6.45) is 5.52. The van der Waals surface area contributed by atoms with Crippen LogP contribution in [0.5, 0.6) is 5.75 Å². The third-order valence-electron chi connectivity index (χ3n) is 3.82. The minimum Gasteiger partial charge on any atom is -0.462 e. The highest BCUT2D eigenvalue weighted by atomic mass is 35.5. The van der Waals surface area contributed by atoms with Gasteiger partial charge in [0.15, 0.2) is 5.75 Å². The Kier molecular flexibility index (Phi) is 11.0. The van der Waals surface area contributed by atoms with Crippen LogP contribution in [0.2, 0.25) is 15.1 Å². The van der Waals surface area contributed by atoms with Gasteiger partial charge in [0.2, 0.25) is 0 Å². The second-order valence-corrected chi connectivity index (χ2v) is 7.29. The Morgan fingerprint density at radius 1 is 0.962 bits per heavy atom. The number of unbranched alkanes of at least 4 members (excludes halogenated alkanes) is 2. The molecule has 0 heterocycles. The van der Waals surface area contributed by atoms with E-state index in [9.17, 15) is 9.59 Å². The van der Waals surface area contributed by atoms with Crippen LogP contribution in [-0.4, -0.2) is 18.0 Å². The molecule has 4 nitrogen and oxygen atoms in total. The van der Waals surface area contributed by atoms with Crippen molar-refractivity contribution in [2.75, 3.05) is 0 Å². The summed E-state index contributed by atoms with van der Waals surface area (Å²) in [7, 11) is 0. The Bertz CT molecular complexity index is 581. The highest BCUT2D eigenvalue weighted by Crippen LogP contribution is 2.36. The number of hydrogen-bond donors (Lipinski definition) is 0. The second-order valence-electron chi connectivity index (χ2n) is 6.04. The van der Waals surface area contributed by atoms with Crippen LogP contribution in [0.1, 0.15) is 65.2 Å². The van der Waals surface area contributed by atoms with Crippen LogP contribution in [0, 0.1) is 0 Å². The third-order valence-corrected chi connectivity index (χ3v) is 4.60. The maximum Gasteiger partial charge on any atom is 0.311 e. The SMILES string of the molecule is CCCCCC(CC)OC(=O)CCCC(=O)Oc1c(Cl)cc(Cl)cc1Cl. The van der Waals surface area contributed by atoms with Gasteiger partial charge in [0.25, 0.3) is 0 Å². The standard InChI is InChI=1S/C19H25Cl3O4/c1-3-5-6-8-14(4-2)25-17(23)9-7-10-18(24)26-19-15(21)11-13(20)12-16(19)22/h11-12,14H,3-10H2,1-2H3. The third kappa shape index (κ3) is 8.61. The minimum atomic E-state index is -0.515. The summed E-state index contributed by atoms with van der Waals surface area (Å²) in [6, 6.07) is 2.89. The summed E-state index contributed by atoms with van der Waals surface area (Å²) in [4.78, 5) is 23.8. The van der Waals surface area contributed by atoms with E-state index in [0.29, 0.717) is 11.4 Å². The van der Waals surface area contributed by atoms with Crippen LogP contribution in [-0.2, 0) is 14.3 Å². The number of rotatable bonds is 11. The molecule has 0 radical (unpaired) electrons. The van der Waals surface area contributed by atoms with E-state index in [-0.39, 0.29) is 40.7 Å². The fourth-order valence-electron chi connectivity index (χ4n) is 2.38. The number of esters is 2. The lowest BCUT2D eigenvalue weighted by Crippen LogP contribution is -2.18. The van der Waals surface area contributed by atoms with Crippen molar-refractivity contribution in [3.05, 3.63) is 27.2 Å². The van der Waals surface area contributed by atoms with Crippen LogP contribution in [0.25, 0.3) is 0 Å². The van der Waals surface area contributed by atoms with Gasteiger partial charge >= 0.3 is 11.9 Å². The van der Waals surface area contributed by atoms with E-state index in [2.05, 4.69) is 6.92 Å². The van der Waals surface area contributed by atoms with Crippen molar-refractivity contribution in [3.8, 4) is 5.75 Å². The molecule has 1 atom stereocenters. The quantitative estimate of drug-likeness (QED) is 0.228. The Morgan fingerprint density at radius 2 is 1.58 bits per heavy atom. The first-order chi connectivity index (χ1) is 12.4. The van der Waals surface area contributed by atoms with E-state index >= 15 is 0 Å². The van der Waals surface area contributed by atoms with Gasteiger partial charge in [-0.15, -0.1) is 0 Å². The molecule has 0 aliphatic rings. The van der Waals surface area contributed by atoms with Crippen molar-refractivity contribution in [2.45, 2.75) is 71.3 Å². The molecule has 26 heavy (non-hydrogen) atoms. The van der Waals surface area contributed by atoms with Gasteiger partial charge in [-0.05, 0) is 37.8 Å². The first-order valence-electron chi connectivity index (χ1n) is 8.92. The summed E-state index contributed by atoms with van der Waals surface area (Å²) in [5.74, 6) is -0.727. The van der Waals surface area contributed by atoms with E-state index in [1.807, 2.05) is 6.92 Å². The van der Waals surface area contributed by atoms with Crippen molar-refractivity contribution in [3.63, 3.8) is 0 Å². The topological polar surface area (TPSA) is 52.6 Å². The van der Waals surface area contributed by atoms with Gasteiger partial charge in [-0.25, -0.2) is 0 Å². The van der Waals surface area contributed by atoms with Gasteiger partial charge in [0, 0.05) is 17.9 Å². The monoisotopic (exact) mass is 422 g/mol. The fraction of sp³-hybridized carbons (Fsp3) is 0.579. The molecule has 1 aromatic rings. The number of benzene rings is 1. The Labute approximate surface area is 170 Å². The van der Waals surface area contributed by atoms with Crippen LogP contribution >= 0.6 is 34.8 Å². The van der Waals surface area contributed by atoms with Gasteiger partial charge in [0.05, 0.1) is 10.0 Å². The molecule has 1 unspecified atom stereocenters. The Balaban J connectivity index is 2.36. The van der Waals surface area contributed by atoms with Crippen molar-refractivity contribution < 1.29 is 19.1 Å². The first-order valence-corrected chi connectivity index (χ1v) is 10.0. The van der Waals surface area contributed by atoms with E-state index in [0.717, 1.165) is 32.1 Å². The molecule has 0 spiro atoms. The zero-order chi connectivity index (χ0) is 19.5. The molecule has 0 aromatic heterocycles. The minimum absolute atomic E-state index is 0.0484. The molecule has 146 valence electrons. The summed E-state index contributed by atoms with van der Waals surface area (Å²) in [5, 5.41) is 0.674. The number of carbonyl (C=O) groups excluding carboxylic acids is 2. The normalized spacial score (nSPS) is 11.9. The molecule has 1 rings (SSSR count). The van der Waals surface area contributed by atoms with E-state index in [1.165, 1.54) is 12.1 Å². The average Bonchev–Trinajstić information content (AvgIpc) is 2.57. The number of halogens is 3. The molecule has 0 N–H and O–H groups in total. The molecule has 0 fully saturated rings. The summed E-state index contributed by atoms with van der Waals surface area (Å²) >= 11 is 17.7. The highest BCUT2D eigenvalue weighted by molar-refractivity contribution is 6.40. The summed E-state index contributed by atoms with van der Waals surface area (Å²) in [6.45, 7) is 4.14. The van der Waals surface area contributed by atoms with Crippen molar-refractivity contribution in [1.29, 1.82) is 0 Å². The van der Waals surface area contributed by atoms with E-state index in [1.54, 1.807) is 0 Å². The van der Waals surface area contributed by atoms with Crippen molar-refractivity contribution in [1.82, 2.24) is 0 Å². The van der Waals surface area contributed by atoms with Gasteiger partial charge in [-0.3, -0.25) is 9.59 Å². The molecule has 7 heteroatoms. The van der Waals surface area contributed by atoms with Crippen molar-refractivity contribution in [2.24, 2.45) is 0 Å². The number of hydrogen-bond acceptors (Lipinski definition) is 4. The van der Waals surface area contributed by atoms with Crippen LogP contribution in [0.15, 0.2) is 12.1 Å². The molecule has 0 saturated carbocycles. The predicted octanol–water partition coefficient (Wildman–Crippen LogP) is 6.62. The zero-order valence-corrected chi connectivity index (χ0v) is 17.4. The van der Waals surface area contributed by atoms with Gasteiger partial charge < -0.3 is 9.47 Å². The van der Waals surface area contributed by atoms with Gasteiger partial charge in [-0.2, -0.15) is 0 Å². The molecular formula is C19H25Cl3O4. The van der Waals surface area contributed by atoms with Crippen LogP contribution in [0.3, 0.4) is 0 Å². The Morgan fingerprint density at radius 3 is 2.15 bits per heavy atom. The summed E-state index contributed by atoms with van der Waals surface area (Å²) < 4.78 is 10.6. The molecular weight excluding hydrogens is 399 g/mol. The highest BCUT2D eigenvalue weighted by Gasteiger charge is 2.16. The molecule has 1 aromatic carbocycles. The predicted molar refractivity (Wildman–Crippen MR) is 105 cm³/mol. The smallest absolute Gasteiger partial charge is 0.311 e. The first kappa shape index (κ1) is 23.1. The molecule has 0 bridgehead atoms. The molecule has 0 aliphatic carbocycles. The van der Waals surface area contributed by atoms with Crippen molar-refractivity contribution >= 4 is 46.7 Å². The second kappa shape index (κ2) is 12.4. The van der Waals surface area contributed by atoms with E-state index in [4.69, 9.17) is 44.3 Å². The molecule has 0 aliphatic heterocycles. The zero-order valence-electron chi connectivity index (χ0n) is 15.2. The van der Waals surface area contributed by atoms with Gasteiger partial charge in [0.1, 0.15) is 6.10 Å². The fourth-order valence-corrected chi connectivity index (χ4v) is 3.28. The van der Waals surface area contributed by atoms with Crippen LogP contribution in [0.4, 0.5) is 0 Å². The lowest BCUT2D eigenvalue weighted by molar-refractivity contribution is -0.149. The molecule has 0 saturated heterocycles. The lowest BCUT2D eigenvalue weighted by atomic mass is 10.1. The van der Waals surface area contributed by atoms with Crippen LogP contribution < -0.4 is 4.74 Å². The largest absolute Gasteiger partial charge is 0.462 e. The maximum atomic E-state index is 11.9. The number of ether oxygens (including phenoxy) is 2. The lowest BCUT2D eigenvalue weighted by Gasteiger charge is -2.16. The molecule has 0 amide bonds. The Hall–Kier alpha value is -0.970. The van der Waals surface area contributed by atoms with E-state index < -0.39 is 5.97 Å².